The van der Waals surface area contributed by atoms with Gasteiger partial charge >= 0.3 is 0 Å². The zero-order valence-electron chi connectivity index (χ0n) is 8.83. The van der Waals surface area contributed by atoms with Crippen molar-refractivity contribution >= 4 is 27.5 Å². The summed E-state index contributed by atoms with van der Waals surface area (Å²) in [4.78, 5) is 10.8. The average Bonchev–Trinajstić information content (AvgIpc) is 2.26. The van der Waals surface area contributed by atoms with Crippen molar-refractivity contribution in [2.24, 2.45) is 11.7 Å². The van der Waals surface area contributed by atoms with Crippen molar-refractivity contribution in [1.29, 1.82) is 5.26 Å². The van der Waals surface area contributed by atoms with E-state index in [1.54, 1.807) is 25.1 Å². The monoisotopic (exact) mass is 281 g/mol. The van der Waals surface area contributed by atoms with E-state index >= 15 is 0 Å². The molecule has 0 spiro atoms. The lowest BCUT2D eigenvalue weighted by Crippen LogP contribution is -2.26. The number of rotatable bonds is 4. The number of nitrogens with two attached hydrogens (primary N) is 1. The number of anilines is 1. The van der Waals surface area contributed by atoms with E-state index in [0.29, 0.717) is 12.1 Å². The van der Waals surface area contributed by atoms with Crippen LogP contribution in [-0.4, -0.2) is 12.5 Å². The Labute approximate surface area is 103 Å². The van der Waals surface area contributed by atoms with Crippen LogP contribution in [0.2, 0.25) is 0 Å². The molecule has 5 heteroatoms. The Morgan fingerprint density at radius 2 is 2.38 bits per heavy atom. The number of carbonyl (C=O) groups is 1. The van der Waals surface area contributed by atoms with Gasteiger partial charge in [-0.1, -0.05) is 6.92 Å². The number of amides is 1. The second-order valence-electron chi connectivity index (χ2n) is 3.49. The Morgan fingerprint density at radius 1 is 1.69 bits per heavy atom. The largest absolute Gasteiger partial charge is 0.383 e. The van der Waals surface area contributed by atoms with E-state index in [1.165, 1.54) is 0 Å². The molecule has 1 rings (SSSR count). The summed E-state index contributed by atoms with van der Waals surface area (Å²) in [5.74, 6) is -0.570. The lowest BCUT2D eigenvalue weighted by atomic mass is 10.1. The third-order valence-electron chi connectivity index (χ3n) is 2.18. The highest BCUT2D eigenvalue weighted by atomic mass is 79.9. The minimum atomic E-state index is -0.336. The van der Waals surface area contributed by atoms with Crippen LogP contribution in [0.15, 0.2) is 22.7 Å². The summed E-state index contributed by atoms with van der Waals surface area (Å²) in [6, 6.07) is 7.26. The molecule has 1 unspecified atom stereocenters. The molecule has 1 atom stereocenters. The van der Waals surface area contributed by atoms with Gasteiger partial charge in [-0.2, -0.15) is 5.26 Å². The number of nitrogens with zero attached hydrogens (tertiary/aromatic N) is 1. The summed E-state index contributed by atoms with van der Waals surface area (Å²) < 4.78 is 0.795. The summed E-state index contributed by atoms with van der Waals surface area (Å²) in [7, 11) is 0. The molecule has 0 aliphatic rings. The van der Waals surface area contributed by atoms with Crippen molar-refractivity contribution < 1.29 is 4.79 Å². The van der Waals surface area contributed by atoms with Crippen molar-refractivity contribution in [2.45, 2.75) is 6.92 Å². The Balaban J connectivity index is 2.69. The standard InChI is InChI=1S/C11H12BrN3O/c1-7(11(14)16)6-15-10-3-2-8(5-13)4-9(10)12/h2-4,7,15H,6H2,1H3,(H2,14,16). The molecular formula is C11H12BrN3O. The highest BCUT2D eigenvalue weighted by Gasteiger charge is 2.09. The predicted molar refractivity (Wildman–Crippen MR) is 65.7 cm³/mol. The summed E-state index contributed by atoms with van der Waals surface area (Å²) in [5, 5.41) is 11.8. The van der Waals surface area contributed by atoms with Crippen molar-refractivity contribution in [3.8, 4) is 6.07 Å². The van der Waals surface area contributed by atoms with Crippen LogP contribution in [0.5, 0.6) is 0 Å². The quantitative estimate of drug-likeness (QED) is 0.884. The van der Waals surface area contributed by atoms with Gasteiger partial charge in [0.1, 0.15) is 0 Å². The first-order chi connectivity index (χ1) is 7.54. The SMILES string of the molecule is CC(CNc1ccc(C#N)cc1Br)C(N)=O. The zero-order chi connectivity index (χ0) is 12.1. The molecule has 0 fully saturated rings. The minimum Gasteiger partial charge on any atom is -0.383 e. The fraction of sp³-hybridized carbons (Fsp3) is 0.273. The van der Waals surface area contributed by atoms with E-state index in [-0.39, 0.29) is 11.8 Å². The Kier molecular flexibility index (Phi) is 4.32. The van der Waals surface area contributed by atoms with Crippen molar-refractivity contribution in [1.82, 2.24) is 0 Å². The Bertz CT molecular complexity index is 439. The molecule has 0 saturated heterocycles. The smallest absolute Gasteiger partial charge is 0.222 e. The molecule has 0 heterocycles. The van der Waals surface area contributed by atoms with Gasteiger partial charge in [0.2, 0.25) is 5.91 Å². The number of hydrogen-bond acceptors (Lipinski definition) is 3. The normalized spacial score (nSPS) is 11.6. The maximum Gasteiger partial charge on any atom is 0.222 e. The molecular weight excluding hydrogens is 270 g/mol. The van der Waals surface area contributed by atoms with Gasteiger partial charge in [0, 0.05) is 16.7 Å². The van der Waals surface area contributed by atoms with Gasteiger partial charge in [0.15, 0.2) is 0 Å². The van der Waals surface area contributed by atoms with Gasteiger partial charge < -0.3 is 11.1 Å². The maximum atomic E-state index is 10.8. The summed E-state index contributed by atoms with van der Waals surface area (Å²) in [6.45, 7) is 2.23. The lowest BCUT2D eigenvalue weighted by Gasteiger charge is -2.11. The van der Waals surface area contributed by atoms with E-state index < -0.39 is 0 Å². The fourth-order valence-corrected chi connectivity index (χ4v) is 1.61. The number of nitriles is 1. The second-order valence-corrected chi connectivity index (χ2v) is 4.35. The first-order valence-electron chi connectivity index (χ1n) is 4.77. The fourth-order valence-electron chi connectivity index (χ4n) is 1.09. The number of hydrogen-bond donors (Lipinski definition) is 2. The van der Waals surface area contributed by atoms with E-state index in [2.05, 4.69) is 21.2 Å². The van der Waals surface area contributed by atoms with E-state index in [0.717, 1.165) is 10.2 Å². The van der Waals surface area contributed by atoms with Crippen LogP contribution in [0.4, 0.5) is 5.69 Å². The Hall–Kier alpha value is -1.54. The van der Waals surface area contributed by atoms with Crippen molar-refractivity contribution in [3.63, 3.8) is 0 Å². The Morgan fingerprint density at radius 3 is 2.88 bits per heavy atom. The number of halogens is 1. The first-order valence-corrected chi connectivity index (χ1v) is 5.56. The van der Waals surface area contributed by atoms with Crippen LogP contribution in [0.1, 0.15) is 12.5 Å². The highest BCUT2D eigenvalue weighted by Crippen LogP contribution is 2.23. The lowest BCUT2D eigenvalue weighted by molar-refractivity contribution is -0.120. The van der Waals surface area contributed by atoms with E-state index in [1.807, 2.05) is 6.07 Å². The molecule has 0 aromatic heterocycles. The number of benzene rings is 1. The summed E-state index contributed by atoms with van der Waals surface area (Å²) >= 11 is 3.35. The van der Waals surface area contributed by atoms with Gasteiger partial charge in [-0.15, -0.1) is 0 Å². The van der Waals surface area contributed by atoms with Gasteiger partial charge in [0.05, 0.1) is 17.6 Å². The van der Waals surface area contributed by atoms with Gasteiger partial charge in [-0.25, -0.2) is 0 Å². The van der Waals surface area contributed by atoms with Crippen LogP contribution in [0.3, 0.4) is 0 Å². The molecule has 0 radical (unpaired) electrons. The van der Waals surface area contributed by atoms with Crippen molar-refractivity contribution in [3.05, 3.63) is 28.2 Å². The molecule has 1 aromatic carbocycles. The highest BCUT2D eigenvalue weighted by molar-refractivity contribution is 9.10. The molecule has 3 N–H and O–H groups in total. The van der Waals surface area contributed by atoms with Crippen LogP contribution in [-0.2, 0) is 4.79 Å². The molecule has 0 bridgehead atoms. The van der Waals surface area contributed by atoms with Crippen LogP contribution in [0.25, 0.3) is 0 Å². The van der Waals surface area contributed by atoms with Crippen LogP contribution in [0, 0.1) is 17.2 Å². The first kappa shape index (κ1) is 12.5. The van der Waals surface area contributed by atoms with Gasteiger partial charge in [-0.05, 0) is 34.1 Å². The third-order valence-corrected chi connectivity index (χ3v) is 2.84. The van der Waals surface area contributed by atoms with Crippen LogP contribution >= 0.6 is 15.9 Å². The minimum absolute atomic E-state index is 0.234. The molecule has 4 nitrogen and oxygen atoms in total. The number of carbonyl (C=O) groups excluding carboxylic acids is 1. The summed E-state index contributed by atoms with van der Waals surface area (Å²) in [6.07, 6.45) is 0. The van der Waals surface area contributed by atoms with E-state index in [9.17, 15) is 4.79 Å². The molecule has 0 saturated carbocycles. The van der Waals surface area contributed by atoms with Gasteiger partial charge in [-0.3, -0.25) is 4.79 Å². The zero-order valence-corrected chi connectivity index (χ0v) is 10.4. The molecule has 0 aliphatic heterocycles. The molecule has 16 heavy (non-hydrogen) atoms. The molecule has 84 valence electrons. The topological polar surface area (TPSA) is 78.9 Å². The summed E-state index contributed by atoms with van der Waals surface area (Å²) in [5.41, 5.74) is 6.57. The predicted octanol–water partition coefficient (Wildman–Crippen LogP) is 1.85. The third kappa shape index (κ3) is 3.24. The maximum absolute atomic E-state index is 10.8. The molecule has 1 amide bonds. The molecule has 1 aromatic rings. The number of primary amides is 1. The second kappa shape index (κ2) is 5.52. The van der Waals surface area contributed by atoms with E-state index in [4.69, 9.17) is 11.0 Å². The average molecular weight is 282 g/mol. The number of nitrogens with one attached hydrogen (secondary N) is 1. The van der Waals surface area contributed by atoms with Crippen LogP contribution < -0.4 is 11.1 Å². The van der Waals surface area contributed by atoms with Crippen molar-refractivity contribution in [2.75, 3.05) is 11.9 Å². The molecule has 0 aliphatic carbocycles. The van der Waals surface area contributed by atoms with Gasteiger partial charge in [0.25, 0.3) is 0 Å².